The van der Waals surface area contributed by atoms with E-state index in [-0.39, 0.29) is 5.41 Å². The fourth-order valence-corrected chi connectivity index (χ4v) is 2.24. The summed E-state index contributed by atoms with van der Waals surface area (Å²) in [7, 11) is 0. The quantitative estimate of drug-likeness (QED) is 0.558. The second-order valence-corrected chi connectivity index (χ2v) is 6.34. The summed E-state index contributed by atoms with van der Waals surface area (Å²) in [6.45, 7) is 6.62. The summed E-state index contributed by atoms with van der Waals surface area (Å²) in [6, 6.07) is 16.3. The number of nitrogens with zero attached hydrogens (tertiary/aromatic N) is 2. The van der Waals surface area contributed by atoms with Crippen molar-refractivity contribution in [2.45, 2.75) is 26.2 Å². The molecule has 112 valence electrons. The van der Waals surface area contributed by atoms with Crippen LogP contribution in [0.2, 0.25) is 0 Å². The van der Waals surface area contributed by atoms with Crippen LogP contribution in [-0.2, 0) is 5.41 Å². The molecule has 0 radical (unpaired) electrons. The van der Waals surface area contributed by atoms with E-state index < -0.39 is 0 Å². The Kier molecular flexibility index (Phi) is 3.67. The van der Waals surface area contributed by atoms with E-state index in [4.69, 9.17) is 0 Å². The van der Waals surface area contributed by atoms with Crippen LogP contribution in [0.25, 0.3) is 11.0 Å². The molecule has 2 N–H and O–H groups in total. The zero-order valence-corrected chi connectivity index (χ0v) is 13.1. The van der Waals surface area contributed by atoms with E-state index in [1.165, 1.54) is 5.56 Å². The molecule has 1 heterocycles. The number of fused-ring (bicyclic) bond motifs is 1. The summed E-state index contributed by atoms with van der Waals surface area (Å²) in [5.41, 5.74) is 7.39. The Morgan fingerprint density at radius 3 is 2.45 bits per heavy atom. The summed E-state index contributed by atoms with van der Waals surface area (Å²) >= 11 is 0. The average molecular weight is 292 g/mol. The first kappa shape index (κ1) is 14.3. The van der Waals surface area contributed by atoms with Gasteiger partial charge in [0, 0.05) is 0 Å². The largest absolute Gasteiger partial charge is 0.323 e. The second kappa shape index (κ2) is 5.64. The van der Waals surface area contributed by atoms with Gasteiger partial charge in [0.2, 0.25) is 5.95 Å². The molecule has 0 aliphatic heterocycles. The van der Waals surface area contributed by atoms with E-state index in [2.05, 4.69) is 65.5 Å². The smallest absolute Gasteiger partial charge is 0.222 e. The van der Waals surface area contributed by atoms with Crippen molar-refractivity contribution >= 4 is 23.2 Å². The minimum absolute atomic E-state index is 0.169. The third-order valence-electron chi connectivity index (χ3n) is 3.55. The number of aromatic nitrogens is 2. The van der Waals surface area contributed by atoms with Gasteiger partial charge in [-0.15, -0.1) is 0 Å². The Hall–Kier alpha value is -2.62. The SMILES string of the molecule is CC(C)(C)c1ccc(C=NNc2nc3ccccc3[nH]2)cc1. The molecule has 4 nitrogen and oxygen atoms in total. The van der Waals surface area contributed by atoms with Gasteiger partial charge in [-0.05, 0) is 28.7 Å². The first-order valence-corrected chi connectivity index (χ1v) is 7.37. The Morgan fingerprint density at radius 2 is 1.77 bits per heavy atom. The lowest BCUT2D eigenvalue weighted by molar-refractivity contribution is 0.590. The van der Waals surface area contributed by atoms with E-state index in [0.29, 0.717) is 5.95 Å². The highest BCUT2D eigenvalue weighted by atomic mass is 15.3. The fourth-order valence-electron chi connectivity index (χ4n) is 2.24. The number of hydrazone groups is 1. The van der Waals surface area contributed by atoms with Crippen LogP contribution < -0.4 is 5.43 Å². The van der Waals surface area contributed by atoms with Gasteiger partial charge in [-0.1, -0.05) is 57.2 Å². The first-order chi connectivity index (χ1) is 10.5. The molecule has 0 atom stereocenters. The number of anilines is 1. The Morgan fingerprint density at radius 1 is 1.05 bits per heavy atom. The highest BCUT2D eigenvalue weighted by Crippen LogP contribution is 2.21. The molecule has 0 saturated heterocycles. The summed E-state index contributed by atoms with van der Waals surface area (Å²) in [5, 5.41) is 4.23. The van der Waals surface area contributed by atoms with Gasteiger partial charge >= 0.3 is 0 Å². The molecule has 0 bridgehead atoms. The molecule has 0 fully saturated rings. The maximum Gasteiger partial charge on any atom is 0.222 e. The molecule has 0 unspecified atom stereocenters. The van der Waals surface area contributed by atoms with Gasteiger partial charge in [-0.2, -0.15) is 5.10 Å². The third kappa shape index (κ3) is 3.17. The van der Waals surface area contributed by atoms with E-state index in [0.717, 1.165) is 16.6 Å². The normalized spacial score (nSPS) is 12.1. The summed E-state index contributed by atoms with van der Waals surface area (Å²) in [5.74, 6) is 0.642. The molecule has 0 aliphatic rings. The van der Waals surface area contributed by atoms with Crippen LogP contribution in [0.1, 0.15) is 31.9 Å². The van der Waals surface area contributed by atoms with Crippen molar-refractivity contribution in [3.8, 4) is 0 Å². The van der Waals surface area contributed by atoms with Crippen LogP contribution in [0.4, 0.5) is 5.95 Å². The third-order valence-corrected chi connectivity index (χ3v) is 3.55. The minimum Gasteiger partial charge on any atom is -0.323 e. The average Bonchev–Trinajstić information content (AvgIpc) is 2.89. The van der Waals surface area contributed by atoms with Gasteiger partial charge in [0.15, 0.2) is 0 Å². The van der Waals surface area contributed by atoms with Crippen LogP contribution in [0.3, 0.4) is 0 Å². The van der Waals surface area contributed by atoms with Crippen LogP contribution in [0.5, 0.6) is 0 Å². The second-order valence-electron chi connectivity index (χ2n) is 6.34. The topological polar surface area (TPSA) is 53.1 Å². The predicted molar refractivity (Wildman–Crippen MR) is 92.5 cm³/mol. The number of hydrogen-bond donors (Lipinski definition) is 2. The van der Waals surface area contributed by atoms with E-state index in [1.54, 1.807) is 6.21 Å². The van der Waals surface area contributed by atoms with Gasteiger partial charge in [0.05, 0.1) is 17.2 Å². The van der Waals surface area contributed by atoms with Gasteiger partial charge in [0.1, 0.15) is 0 Å². The number of aromatic amines is 1. The van der Waals surface area contributed by atoms with E-state index in [1.807, 2.05) is 24.3 Å². The van der Waals surface area contributed by atoms with Gasteiger partial charge in [-0.25, -0.2) is 10.4 Å². The Bertz CT molecular complexity index is 759. The van der Waals surface area contributed by atoms with Crippen LogP contribution in [0, 0.1) is 0 Å². The number of benzene rings is 2. The van der Waals surface area contributed by atoms with Crippen molar-refractivity contribution in [2.75, 3.05) is 5.43 Å². The molecule has 2 aromatic carbocycles. The van der Waals surface area contributed by atoms with Gasteiger partial charge in [-0.3, -0.25) is 0 Å². The molecular formula is C18H20N4. The molecule has 4 heteroatoms. The molecular weight excluding hydrogens is 272 g/mol. The number of para-hydroxylation sites is 2. The zero-order valence-electron chi connectivity index (χ0n) is 13.1. The summed E-state index contributed by atoms with van der Waals surface area (Å²) in [6.07, 6.45) is 1.79. The number of rotatable bonds is 3. The van der Waals surface area contributed by atoms with Crippen molar-refractivity contribution in [2.24, 2.45) is 5.10 Å². The maximum atomic E-state index is 4.41. The predicted octanol–water partition coefficient (Wildman–Crippen LogP) is 4.31. The van der Waals surface area contributed by atoms with Crippen molar-refractivity contribution in [3.05, 3.63) is 59.7 Å². The lowest BCUT2D eigenvalue weighted by atomic mass is 9.87. The fraction of sp³-hybridized carbons (Fsp3) is 0.222. The van der Waals surface area contributed by atoms with Crippen molar-refractivity contribution in [3.63, 3.8) is 0 Å². The van der Waals surface area contributed by atoms with Crippen molar-refractivity contribution in [1.82, 2.24) is 9.97 Å². The number of imidazole rings is 1. The highest BCUT2D eigenvalue weighted by Gasteiger charge is 2.12. The lowest BCUT2D eigenvalue weighted by Crippen LogP contribution is -2.10. The van der Waals surface area contributed by atoms with Crippen LogP contribution in [0.15, 0.2) is 53.6 Å². The number of nitrogens with one attached hydrogen (secondary N) is 2. The lowest BCUT2D eigenvalue weighted by Gasteiger charge is -2.18. The Labute approximate surface area is 130 Å². The molecule has 3 rings (SSSR count). The molecule has 0 amide bonds. The Balaban J connectivity index is 1.69. The van der Waals surface area contributed by atoms with Crippen LogP contribution >= 0.6 is 0 Å². The highest BCUT2D eigenvalue weighted by molar-refractivity contribution is 5.81. The standard InChI is InChI=1S/C18H20N4/c1-18(2,3)14-10-8-13(9-11-14)12-19-22-17-20-15-6-4-5-7-16(15)21-17/h4-12H,1-3H3,(H2,20,21,22). The molecule has 3 aromatic rings. The zero-order chi connectivity index (χ0) is 15.6. The monoisotopic (exact) mass is 292 g/mol. The molecule has 0 spiro atoms. The maximum absolute atomic E-state index is 4.41. The van der Waals surface area contributed by atoms with Crippen LogP contribution in [-0.4, -0.2) is 16.2 Å². The van der Waals surface area contributed by atoms with Gasteiger partial charge in [0.25, 0.3) is 0 Å². The molecule has 0 aliphatic carbocycles. The minimum atomic E-state index is 0.169. The summed E-state index contributed by atoms with van der Waals surface area (Å²) < 4.78 is 0. The molecule has 22 heavy (non-hydrogen) atoms. The van der Waals surface area contributed by atoms with Gasteiger partial charge < -0.3 is 4.98 Å². The number of H-pyrrole nitrogens is 1. The van der Waals surface area contributed by atoms with E-state index in [9.17, 15) is 0 Å². The molecule has 0 saturated carbocycles. The van der Waals surface area contributed by atoms with E-state index >= 15 is 0 Å². The summed E-state index contributed by atoms with van der Waals surface area (Å²) in [4.78, 5) is 7.58. The number of hydrogen-bond acceptors (Lipinski definition) is 3. The first-order valence-electron chi connectivity index (χ1n) is 7.37. The van der Waals surface area contributed by atoms with Crippen molar-refractivity contribution in [1.29, 1.82) is 0 Å². The molecule has 1 aromatic heterocycles. The van der Waals surface area contributed by atoms with Crippen molar-refractivity contribution < 1.29 is 0 Å².